The number of benzene rings is 2. The highest BCUT2D eigenvalue weighted by Gasteiger charge is 2.15. The molecule has 0 bridgehead atoms. The minimum Gasteiger partial charge on any atom is -0.754 e. The lowest BCUT2D eigenvalue weighted by Crippen LogP contribution is -2.23. The van der Waals surface area contributed by atoms with Crippen LogP contribution in [0.4, 0.5) is 11.4 Å². The van der Waals surface area contributed by atoms with Gasteiger partial charge in [0.1, 0.15) is 0 Å². The Balaban J connectivity index is 2.54. The Kier molecular flexibility index (Phi) is 5.81. The third kappa shape index (κ3) is 4.31. The highest BCUT2D eigenvalue weighted by atomic mass is 35.5. The Hall–Kier alpha value is -1.34. The number of para-hydroxylation sites is 1. The summed E-state index contributed by atoms with van der Waals surface area (Å²) in [5, 5.41) is 0.971. The molecular weight excluding hydrogens is 328 g/mol. The van der Waals surface area contributed by atoms with Gasteiger partial charge in [-0.25, -0.2) is 0 Å². The SMILES string of the molecule is CSC(=NS(=O)[O-])N(c1ccccc1)c1ccc(Cl)cc1. The van der Waals surface area contributed by atoms with Gasteiger partial charge in [0.05, 0.1) is 11.3 Å². The molecule has 0 N–H and O–H groups in total. The average molecular weight is 340 g/mol. The Labute approximate surface area is 135 Å². The average Bonchev–Trinajstić information content (AvgIpc) is 2.49. The van der Waals surface area contributed by atoms with Crippen LogP contribution in [0.25, 0.3) is 0 Å². The second-order valence-electron chi connectivity index (χ2n) is 3.94. The molecule has 0 saturated heterocycles. The van der Waals surface area contributed by atoms with Crippen LogP contribution in [0.2, 0.25) is 5.02 Å². The standard InChI is InChI=1S/C14H13ClN2O2S2/c1-20-14(16-21(18)19)17(12-5-3-2-4-6-12)13-9-7-11(15)8-10-13/h2-10H,1H3,(H,18,19)/p-1. The third-order valence-corrected chi connectivity index (χ3v) is 3.95. The maximum absolute atomic E-state index is 10.9. The van der Waals surface area contributed by atoms with Crippen molar-refractivity contribution >= 4 is 51.2 Å². The van der Waals surface area contributed by atoms with Crippen LogP contribution in [0.1, 0.15) is 0 Å². The lowest BCUT2D eigenvalue weighted by atomic mass is 10.2. The quantitative estimate of drug-likeness (QED) is 0.482. The number of rotatable bonds is 3. The molecule has 0 aliphatic carbocycles. The molecule has 0 aromatic heterocycles. The summed E-state index contributed by atoms with van der Waals surface area (Å²) in [5.41, 5.74) is 1.60. The smallest absolute Gasteiger partial charge is 0.181 e. The van der Waals surface area contributed by atoms with E-state index < -0.39 is 11.3 Å². The maximum atomic E-state index is 10.9. The first-order valence-corrected chi connectivity index (χ1v) is 8.58. The van der Waals surface area contributed by atoms with Crippen LogP contribution in [0, 0.1) is 0 Å². The second-order valence-corrected chi connectivity index (χ2v) is 5.77. The lowest BCUT2D eigenvalue weighted by Gasteiger charge is -2.25. The molecule has 1 unspecified atom stereocenters. The number of hydrogen-bond acceptors (Lipinski definition) is 3. The molecule has 1 atom stereocenters. The van der Waals surface area contributed by atoms with E-state index in [4.69, 9.17) is 11.6 Å². The maximum Gasteiger partial charge on any atom is 0.181 e. The molecular formula is C14H12ClN2O2S2-. The molecule has 0 amide bonds. The van der Waals surface area contributed by atoms with Crippen LogP contribution in [0.3, 0.4) is 0 Å². The Morgan fingerprint density at radius 1 is 1.14 bits per heavy atom. The summed E-state index contributed by atoms with van der Waals surface area (Å²) < 4.78 is 25.5. The highest BCUT2D eigenvalue weighted by molar-refractivity contribution is 8.14. The molecule has 0 radical (unpaired) electrons. The molecule has 0 saturated carbocycles. The third-order valence-electron chi connectivity index (χ3n) is 2.63. The molecule has 0 spiro atoms. The van der Waals surface area contributed by atoms with Crippen molar-refractivity contribution in [2.75, 3.05) is 11.2 Å². The molecule has 0 aliphatic rings. The van der Waals surface area contributed by atoms with E-state index in [-0.39, 0.29) is 0 Å². The van der Waals surface area contributed by atoms with Crippen molar-refractivity contribution in [1.82, 2.24) is 0 Å². The highest BCUT2D eigenvalue weighted by Crippen LogP contribution is 2.29. The Bertz CT molecular complexity index is 648. The van der Waals surface area contributed by atoms with E-state index in [1.807, 2.05) is 42.5 Å². The molecule has 0 fully saturated rings. The molecule has 7 heteroatoms. The fourth-order valence-corrected chi connectivity index (χ4v) is 2.98. The zero-order chi connectivity index (χ0) is 15.2. The molecule has 0 heterocycles. The monoisotopic (exact) mass is 339 g/mol. The van der Waals surface area contributed by atoms with Crippen molar-refractivity contribution < 1.29 is 8.76 Å². The second kappa shape index (κ2) is 7.61. The summed E-state index contributed by atoms with van der Waals surface area (Å²) in [7, 11) is 0. The van der Waals surface area contributed by atoms with Crippen LogP contribution in [0.5, 0.6) is 0 Å². The van der Waals surface area contributed by atoms with E-state index >= 15 is 0 Å². The Morgan fingerprint density at radius 2 is 1.71 bits per heavy atom. The van der Waals surface area contributed by atoms with Gasteiger partial charge in [-0.1, -0.05) is 41.6 Å². The van der Waals surface area contributed by atoms with Gasteiger partial charge in [0.15, 0.2) is 5.17 Å². The molecule has 110 valence electrons. The van der Waals surface area contributed by atoms with Crippen molar-refractivity contribution in [2.24, 2.45) is 4.40 Å². The first kappa shape index (κ1) is 16.0. The summed E-state index contributed by atoms with van der Waals surface area (Å²) >= 11 is 4.64. The van der Waals surface area contributed by atoms with Gasteiger partial charge < -0.3 is 4.55 Å². The van der Waals surface area contributed by atoms with Crippen LogP contribution in [0.15, 0.2) is 59.0 Å². The van der Waals surface area contributed by atoms with Crippen LogP contribution >= 0.6 is 23.4 Å². The van der Waals surface area contributed by atoms with Gasteiger partial charge in [0.25, 0.3) is 0 Å². The van der Waals surface area contributed by atoms with E-state index in [1.54, 1.807) is 23.3 Å². The van der Waals surface area contributed by atoms with Crippen molar-refractivity contribution in [2.45, 2.75) is 0 Å². The molecule has 2 aromatic rings. The predicted molar refractivity (Wildman–Crippen MR) is 89.9 cm³/mol. The largest absolute Gasteiger partial charge is 0.754 e. The lowest BCUT2D eigenvalue weighted by molar-refractivity contribution is 0.539. The molecule has 0 aliphatic heterocycles. The van der Waals surface area contributed by atoms with Crippen molar-refractivity contribution in [1.29, 1.82) is 0 Å². The summed E-state index contributed by atoms with van der Waals surface area (Å²) in [6, 6.07) is 16.5. The van der Waals surface area contributed by atoms with Crippen molar-refractivity contribution in [3.63, 3.8) is 0 Å². The van der Waals surface area contributed by atoms with Gasteiger partial charge in [-0.05, 0) is 42.7 Å². The minimum atomic E-state index is -2.52. The van der Waals surface area contributed by atoms with Crippen LogP contribution in [-0.4, -0.2) is 20.2 Å². The zero-order valence-corrected chi connectivity index (χ0v) is 13.5. The van der Waals surface area contributed by atoms with Gasteiger partial charge in [0, 0.05) is 16.4 Å². The normalized spacial score (nSPS) is 13.0. The minimum absolute atomic E-state index is 0.358. The van der Waals surface area contributed by atoms with E-state index in [9.17, 15) is 8.76 Å². The number of hydrogen-bond donors (Lipinski definition) is 0. The van der Waals surface area contributed by atoms with Gasteiger partial charge >= 0.3 is 0 Å². The van der Waals surface area contributed by atoms with Gasteiger partial charge in [-0.15, -0.1) is 0 Å². The summed E-state index contributed by atoms with van der Waals surface area (Å²) in [6.07, 6.45) is 1.78. The van der Waals surface area contributed by atoms with Crippen LogP contribution in [-0.2, 0) is 11.3 Å². The Morgan fingerprint density at radius 3 is 2.24 bits per heavy atom. The first-order chi connectivity index (χ1) is 10.1. The summed E-state index contributed by atoms with van der Waals surface area (Å²) in [6.45, 7) is 0. The number of amidine groups is 1. The van der Waals surface area contributed by atoms with Crippen molar-refractivity contribution in [3.05, 3.63) is 59.6 Å². The number of halogens is 1. The first-order valence-electron chi connectivity index (χ1n) is 5.94. The number of anilines is 2. The number of nitrogens with zero attached hydrogens (tertiary/aromatic N) is 2. The van der Waals surface area contributed by atoms with Gasteiger partial charge in [0.2, 0.25) is 0 Å². The van der Waals surface area contributed by atoms with Gasteiger partial charge in [-0.2, -0.15) is 4.40 Å². The fraction of sp³-hybridized carbons (Fsp3) is 0.0714. The molecule has 4 nitrogen and oxygen atoms in total. The topological polar surface area (TPSA) is 55.7 Å². The van der Waals surface area contributed by atoms with E-state index in [2.05, 4.69) is 4.40 Å². The molecule has 2 aromatic carbocycles. The molecule has 21 heavy (non-hydrogen) atoms. The fourth-order valence-electron chi connectivity index (χ4n) is 1.77. The van der Waals surface area contributed by atoms with Crippen LogP contribution < -0.4 is 4.90 Å². The molecule has 2 rings (SSSR count). The van der Waals surface area contributed by atoms with E-state index in [1.165, 1.54) is 11.8 Å². The predicted octanol–water partition coefficient (Wildman–Crippen LogP) is 3.99. The van der Waals surface area contributed by atoms with Gasteiger partial charge in [-0.3, -0.25) is 9.11 Å². The summed E-state index contributed by atoms with van der Waals surface area (Å²) in [4.78, 5) is 1.76. The summed E-state index contributed by atoms with van der Waals surface area (Å²) in [5.74, 6) is 0. The van der Waals surface area contributed by atoms with E-state index in [0.29, 0.717) is 10.2 Å². The number of thioether (sulfide) groups is 1. The van der Waals surface area contributed by atoms with E-state index in [0.717, 1.165) is 11.4 Å². The van der Waals surface area contributed by atoms with Crippen molar-refractivity contribution in [3.8, 4) is 0 Å². The zero-order valence-electron chi connectivity index (χ0n) is 11.1.